The van der Waals surface area contributed by atoms with Crippen LogP contribution in [0.4, 0.5) is 4.79 Å². The molecular weight excluding hydrogens is 306 g/mol. The highest BCUT2D eigenvalue weighted by Crippen LogP contribution is 2.16. The second-order valence-electron chi connectivity index (χ2n) is 5.68. The highest BCUT2D eigenvalue weighted by molar-refractivity contribution is 6.30. The normalized spacial score (nSPS) is 16.6. The van der Waals surface area contributed by atoms with Crippen molar-refractivity contribution >= 4 is 29.4 Å². The van der Waals surface area contributed by atoms with Crippen molar-refractivity contribution in [2.24, 2.45) is 0 Å². The quantitative estimate of drug-likeness (QED) is 0.802. The number of halogens is 1. The third-order valence-electron chi connectivity index (χ3n) is 3.37. The van der Waals surface area contributed by atoms with E-state index in [0.717, 1.165) is 10.5 Å². The molecule has 1 fully saturated rings. The van der Waals surface area contributed by atoms with Gasteiger partial charge in [0.1, 0.15) is 12.1 Å². The summed E-state index contributed by atoms with van der Waals surface area (Å²) in [6, 6.07) is 6.82. The van der Waals surface area contributed by atoms with Crippen LogP contribution in [-0.2, 0) is 16.0 Å². The standard InChI is InChI=1S/C15H18ClN3O3/c1-15(2)13(21)19(14(22)18-15)9-12(20)17-7-6-10-4-3-5-11(16)8-10/h3-5,8H,6-7,9H2,1-2H3,(H,17,20)(H,18,22). The monoisotopic (exact) mass is 323 g/mol. The number of imide groups is 1. The number of urea groups is 1. The van der Waals surface area contributed by atoms with E-state index >= 15 is 0 Å². The molecule has 1 aliphatic rings. The van der Waals surface area contributed by atoms with Crippen molar-refractivity contribution in [2.45, 2.75) is 25.8 Å². The second kappa shape index (κ2) is 6.36. The predicted octanol–water partition coefficient (Wildman–Crippen LogP) is 1.33. The number of carbonyl (C=O) groups excluding carboxylic acids is 3. The van der Waals surface area contributed by atoms with Crippen LogP contribution in [0.3, 0.4) is 0 Å². The molecule has 4 amide bonds. The Morgan fingerprint density at radius 3 is 2.68 bits per heavy atom. The van der Waals surface area contributed by atoms with Gasteiger partial charge in [-0.2, -0.15) is 0 Å². The maximum Gasteiger partial charge on any atom is 0.325 e. The number of nitrogens with zero attached hydrogens (tertiary/aromatic N) is 1. The smallest absolute Gasteiger partial charge is 0.325 e. The SMILES string of the molecule is CC1(C)NC(=O)N(CC(=O)NCCc2cccc(Cl)c2)C1=O. The summed E-state index contributed by atoms with van der Waals surface area (Å²) in [5.41, 5.74) is 0.0435. The Balaban J connectivity index is 1.81. The van der Waals surface area contributed by atoms with Crippen molar-refractivity contribution in [3.63, 3.8) is 0 Å². The number of amides is 4. The van der Waals surface area contributed by atoms with Gasteiger partial charge >= 0.3 is 6.03 Å². The van der Waals surface area contributed by atoms with Crippen LogP contribution in [0.15, 0.2) is 24.3 Å². The van der Waals surface area contributed by atoms with E-state index in [2.05, 4.69) is 10.6 Å². The highest BCUT2D eigenvalue weighted by atomic mass is 35.5. The Bertz CT molecular complexity index is 616. The molecule has 0 aliphatic carbocycles. The van der Waals surface area contributed by atoms with Crippen LogP contribution >= 0.6 is 11.6 Å². The van der Waals surface area contributed by atoms with Gasteiger partial charge in [-0.3, -0.25) is 14.5 Å². The summed E-state index contributed by atoms with van der Waals surface area (Å²) in [6.45, 7) is 3.34. The Kier molecular flexibility index (Phi) is 4.71. The molecular formula is C15H18ClN3O3. The Morgan fingerprint density at radius 1 is 1.36 bits per heavy atom. The molecule has 7 heteroatoms. The lowest BCUT2D eigenvalue weighted by Crippen LogP contribution is -2.43. The van der Waals surface area contributed by atoms with E-state index in [0.29, 0.717) is 18.0 Å². The van der Waals surface area contributed by atoms with E-state index in [-0.39, 0.29) is 12.5 Å². The zero-order valence-corrected chi connectivity index (χ0v) is 13.2. The molecule has 1 saturated heterocycles. The van der Waals surface area contributed by atoms with Crippen LogP contribution in [0.1, 0.15) is 19.4 Å². The number of nitrogens with one attached hydrogen (secondary N) is 2. The van der Waals surface area contributed by atoms with Gasteiger partial charge < -0.3 is 10.6 Å². The summed E-state index contributed by atoms with van der Waals surface area (Å²) in [5, 5.41) is 5.86. The molecule has 0 radical (unpaired) electrons. The molecule has 0 unspecified atom stereocenters. The Hall–Kier alpha value is -2.08. The number of hydrogen-bond donors (Lipinski definition) is 2. The molecule has 1 aromatic rings. The lowest BCUT2D eigenvalue weighted by atomic mass is 10.1. The minimum atomic E-state index is -0.960. The predicted molar refractivity (Wildman–Crippen MR) is 82.5 cm³/mol. The van der Waals surface area contributed by atoms with Gasteiger partial charge in [-0.25, -0.2) is 4.79 Å². The molecule has 0 spiro atoms. The van der Waals surface area contributed by atoms with E-state index in [1.54, 1.807) is 19.9 Å². The fourth-order valence-electron chi connectivity index (χ4n) is 2.20. The lowest BCUT2D eigenvalue weighted by molar-refractivity contribution is -0.134. The van der Waals surface area contributed by atoms with E-state index in [1.807, 2.05) is 18.2 Å². The van der Waals surface area contributed by atoms with Crippen LogP contribution in [0.5, 0.6) is 0 Å². The lowest BCUT2D eigenvalue weighted by Gasteiger charge is -2.15. The first-order valence-electron chi connectivity index (χ1n) is 6.95. The maximum absolute atomic E-state index is 12.0. The topological polar surface area (TPSA) is 78.5 Å². The van der Waals surface area contributed by atoms with E-state index < -0.39 is 17.5 Å². The van der Waals surface area contributed by atoms with Gasteiger partial charge in [0.15, 0.2) is 0 Å². The summed E-state index contributed by atoms with van der Waals surface area (Å²) in [4.78, 5) is 36.4. The first-order valence-corrected chi connectivity index (χ1v) is 7.32. The highest BCUT2D eigenvalue weighted by Gasteiger charge is 2.44. The van der Waals surface area contributed by atoms with Gasteiger partial charge in [0.2, 0.25) is 5.91 Å². The molecule has 2 rings (SSSR count). The van der Waals surface area contributed by atoms with Crippen LogP contribution in [0, 0.1) is 0 Å². The van der Waals surface area contributed by atoms with Gasteiger partial charge in [0.25, 0.3) is 5.91 Å². The minimum absolute atomic E-state index is 0.274. The van der Waals surface area contributed by atoms with Crippen molar-refractivity contribution in [3.05, 3.63) is 34.9 Å². The molecule has 0 saturated carbocycles. The van der Waals surface area contributed by atoms with Gasteiger partial charge in [-0.05, 0) is 38.0 Å². The number of hydrogen-bond acceptors (Lipinski definition) is 3. The number of carbonyl (C=O) groups is 3. The number of benzene rings is 1. The summed E-state index contributed by atoms with van der Waals surface area (Å²) >= 11 is 5.88. The van der Waals surface area contributed by atoms with E-state index in [9.17, 15) is 14.4 Å². The molecule has 2 N–H and O–H groups in total. The van der Waals surface area contributed by atoms with E-state index in [4.69, 9.17) is 11.6 Å². The van der Waals surface area contributed by atoms with Gasteiger partial charge in [0.05, 0.1) is 0 Å². The Labute approximate surface area is 133 Å². The summed E-state index contributed by atoms with van der Waals surface area (Å²) in [7, 11) is 0. The zero-order chi connectivity index (χ0) is 16.3. The third kappa shape index (κ3) is 3.76. The van der Waals surface area contributed by atoms with Gasteiger partial charge in [0, 0.05) is 11.6 Å². The molecule has 22 heavy (non-hydrogen) atoms. The van der Waals surface area contributed by atoms with Crippen LogP contribution < -0.4 is 10.6 Å². The average Bonchev–Trinajstić information content (AvgIpc) is 2.61. The fourth-order valence-corrected chi connectivity index (χ4v) is 2.41. The van der Waals surface area contributed by atoms with Gasteiger partial charge in [-0.15, -0.1) is 0 Å². The first-order chi connectivity index (χ1) is 10.3. The van der Waals surface area contributed by atoms with Crippen LogP contribution in [-0.4, -0.2) is 41.4 Å². The summed E-state index contributed by atoms with van der Waals surface area (Å²) in [6.07, 6.45) is 0.623. The summed E-state index contributed by atoms with van der Waals surface area (Å²) < 4.78 is 0. The van der Waals surface area contributed by atoms with E-state index in [1.165, 1.54) is 0 Å². The van der Waals surface area contributed by atoms with Crippen molar-refractivity contribution in [1.82, 2.24) is 15.5 Å². The first kappa shape index (κ1) is 16.3. The second-order valence-corrected chi connectivity index (χ2v) is 6.11. The van der Waals surface area contributed by atoms with Crippen molar-refractivity contribution in [3.8, 4) is 0 Å². The molecule has 0 bridgehead atoms. The molecule has 1 heterocycles. The van der Waals surface area contributed by atoms with Crippen molar-refractivity contribution in [1.29, 1.82) is 0 Å². The molecule has 0 aromatic heterocycles. The van der Waals surface area contributed by atoms with Crippen molar-refractivity contribution in [2.75, 3.05) is 13.1 Å². The number of rotatable bonds is 5. The van der Waals surface area contributed by atoms with Crippen LogP contribution in [0.25, 0.3) is 0 Å². The van der Waals surface area contributed by atoms with Crippen molar-refractivity contribution < 1.29 is 14.4 Å². The zero-order valence-electron chi connectivity index (χ0n) is 12.5. The molecule has 118 valence electrons. The molecule has 1 aliphatic heterocycles. The van der Waals surface area contributed by atoms with Gasteiger partial charge in [-0.1, -0.05) is 23.7 Å². The average molecular weight is 324 g/mol. The third-order valence-corrected chi connectivity index (χ3v) is 3.61. The summed E-state index contributed by atoms with van der Waals surface area (Å²) in [5.74, 6) is -0.772. The molecule has 0 atom stereocenters. The largest absolute Gasteiger partial charge is 0.354 e. The molecule has 6 nitrogen and oxygen atoms in total. The maximum atomic E-state index is 12.0. The van der Waals surface area contributed by atoms with Crippen LogP contribution in [0.2, 0.25) is 5.02 Å². The molecule has 1 aromatic carbocycles. The fraction of sp³-hybridized carbons (Fsp3) is 0.400. The Morgan fingerprint density at radius 2 is 2.09 bits per heavy atom. The minimum Gasteiger partial charge on any atom is -0.354 e.